The molecule has 0 saturated carbocycles. The molecule has 0 fully saturated rings. The number of aromatic nitrogens is 1. The summed E-state index contributed by atoms with van der Waals surface area (Å²) in [6.07, 6.45) is 1.99. The van der Waals surface area contributed by atoms with E-state index in [1.165, 1.54) is 0 Å². The molecule has 0 radical (unpaired) electrons. The molecule has 1 heterocycles. The normalized spacial score (nSPS) is 11.4. The second kappa shape index (κ2) is 9.64. The van der Waals surface area contributed by atoms with Crippen molar-refractivity contribution >= 4 is 11.8 Å². The van der Waals surface area contributed by atoms with E-state index in [1.807, 2.05) is 48.7 Å². The molecule has 0 spiro atoms. The average Bonchev–Trinajstić information content (AvgIpc) is 2.89. The van der Waals surface area contributed by atoms with Crippen LogP contribution in [0.3, 0.4) is 0 Å². The highest BCUT2D eigenvalue weighted by Gasteiger charge is 2.24. The standard InChI is InChI=1S/C20H35N3O2/c1-15(2)11-22(13-18-9-8-10-21(18)7)19(24)14-23(12-16(3)4)20(25)17(5)6/h8-10,15-17H,11-14H2,1-7H3. The van der Waals surface area contributed by atoms with E-state index in [0.717, 1.165) is 5.69 Å². The Hall–Kier alpha value is -1.78. The van der Waals surface area contributed by atoms with Crippen LogP contribution in [0.4, 0.5) is 0 Å². The molecule has 0 unspecified atom stereocenters. The van der Waals surface area contributed by atoms with Gasteiger partial charge in [-0.15, -0.1) is 0 Å². The lowest BCUT2D eigenvalue weighted by atomic mass is 10.1. The molecular weight excluding hydrogens is 314 g/mol. The Labute approximate surface area is 153 Å². The summed E-state index contributed by atoms with van der Waals surface area (Å²) >= 11 is 0. The third-order valence-electron chi connectivity index (χ3n) is 4.06. The van der Waals surface area contributed by atoms with Gasteiger partial charge in [-0.2, -0.15) is 0 Å². The minimum atomic E-state index is -0.0991. The maximum absolute atomic E-state index is 13.0. The number of rotatable bonds is 9. The number of nitrogens with zero attached hydrogens (tertiary/aromatic N) is 3. The number of hydrogen-bond acceptors (Lipinski definition) is 2. The molecule has 0 aliphatic heterocycles. The van der Waals surface area contributed by atoms with E-state index in [1.54, 1.807) is 4.90 Å². The summed E-state index contributed by atoms with van der Waals surface area (Å²) in [4.78, 5) is 29.0. The zero-order valence-corrected chi connectivity index (χ0v) is 17.0. The maximum Gasteiger partial charge on any atom is 0.242 e. The second-order valence-corrected chi connectivity index (χ2v) is 8.05. The van der Waals surface area contributed by atoms with Crippen LogP contribution < -0.4 is 0 Å². The van der Waals surface area contributed by atoms with Crippen molar-refractivity contribution in [2.75, 3.05) is 19.6 Å². The minimum Gasteiger partial charge on any atom is -0.353 e. The van der Waals surface area contributed by atoms with Gasteiger partial charge in [0.1, 0.15) is 0 Å². The number of amides is 2. The SMILES string of the molecule is CC(C)CN(Cc1cccn1C)C(=O)CN(CC(C)C)C(=O)C(C)C. The van der Waals surface area contributed by atoms with E-state index in [0.29, 0.717) is 31.5 Å². The van der Waals surface area contributed by atoms with Crippen LogP contribution in [0.2, 0.25) is 0 Å². The van der Waals surface area contributed by atoms with Crippen LogP contribution in [0.5, 0.6) is 0 Å². The fourth-order valence-corrected chi connectivity index (χ4v) is 2.85. The van der Waals surface area contributed by atoms with Crippen LogP contribution in [-0.2, 0) is 23.2 Å². The zero-order chi connectivity index (χ0) is 19.1. The number of carbonyl (C=O) groups excluding carboxylic acids is 2. The number of hydrogen-bond donors (Lipinski definition) is 0. The summed E-state index contributed by atoms with van der Waals surface area (Å²) in [5, 5.41) is 0. The lowest BCUT2D eigenvalue weighted by Crippen LogP contribution is -2.46. The first-order valence-corrected chi connectivity index (χ1v) is 9.28. The van der Waals surface area contributed by atoms with E-state index in [9.17, 15) is 9.59 Å². The van der Waals surface area contributed by atoms with Crippen molar-refractivity contribution in [1.82, 2.24) is 14.4 Å². The summed E-state index contributed by atoms with van der Waals surface area (Å²) in [6.45, 7) is 14.2. The Balaban J connectivity index is 2.90. The molecule has 1 aromatic rings. The van der Waals surface area contributed by atoms with Gasteiger partial charge in [0.2, 0.25) is 11.8 Å². The molecule has 0 aliphatic carbocycles. The van der Waals surface area contributed by atoms with Crippen molar-refractivity contribution in [2.45, 2.75) is 48.1 Å². The van der Waals surface area contributed by atoms with Crippen molar-refractivity contribution in [3.63, 3.8) is 0 Å². The van der Waals surface area contributed by atoms with Gasteiger partial charge in [0.15, 0.2) is 0 Å². The summed E-state index contributed by atoms with van der Waals surface area (Å²) in [6, 6.07) is 4.02. The molecule has 2 amide bonds. The Morgan fingerprint density at radius 3 is 2.00 bits per heavy atom. The quantitative estimate of drug-likeness (QED) is 0.687. The second-order valence-electron chi connectivity index (χ2n) is 8.05. The summed E-state index contributed by atoms with van der Waals surface area (Å²) in [5.41, 5.74) is 1.10. The smallest absolute Gasteiger partial charge is 0.242 e. The highest BCUT2D eigenvalue weighted by atomic mass is 16.2. The Morgan fingerprint density at radius 1 is 1.00 bits per heavy atom. The summed E-state index contributed by atoms with van der Waals surface area (Å²) < 4.78 is 2.03. The topological polar surface area (TPSA) is 45.6 Å². The first-order valence-electron chi connectivity index (χ1n) is 9.28. The van der Waals surface area contributed by atoms with Crippen molar-refractivity contribution in [3.05, 3.63) is 24.0 Å². The van der Waals surface area contributed by atoms with Crippen LogP contribution in [0.1, 0.15) is 47.2 Å². The van der Waals surface area contributed by atoms with E-state index in [2.05, 4.69) is 27.7 Å². The maximum atomic E-state index is 13.0. The van der Waals surface area contributed by atoms with Gasteiger partial charge in [-0.1, -0.05) is 41.5 Å². The minimum absolute atomic E-state index is 0.0181. The fraction of sp³-hybridized carbons (Fsp3) is 0.700. The van der Waals surface area contributed by atoms with Crippen LogP contribution in [0.15, 0.2) is 18.3 Å². The summed E-state index contributed by atoms with van der Waals surface area (Å²) in [7, 11) is 1.99. The van der Waals surface area contributed by atoms with Crippen molar-refractivity contribution in [2.24, 2.45) is 24.8 Å². The molecule has 0 N–H and O–H groups in total. The lowest BCUT2D eigenvalue weighted by Gasteiger charge is -2.30. The summed E-state index contributed by atoms with van der Waals surface area (Å²) in [5.74, 6) is 0.679. The van der Waals surface area contributed by atoms with Crippen LogP contribution >= 0.6 is 0 Å². The molecule has 0 aromatic carbocycles. The number of carbonyl (C=O) groups is 2. The monoisotopic (exact) mass is 349 g/mol. The highest BCUT2D eigenvalue weighted by molar-refractivity contribution is 5.85. The third kappa shape index (κ3) is 6.92. The predicted molar refractivity (Wildman–Crippen MR) is 102 cm³/mol. The molecule has 25 heavy (non-hydrogen) atoms. The van der Waals surface area contributed by atoms with Gasteiger partial charge >= 0.3 is 0 Å². The third-order valence-corrected chi connectivity index (χ3v) is 4.06. The van der Waals surface area contributed by atoms with Crippen LogP contribution in [-0.4, -0.2) is 45.8 Å². The molecule has 1 aromatic heterocycles. The molecule has 0 bridgehead atoms. The van der Waals surface area contributed by atoms with Crippen LogP contribution in [0.25, 0.3) is 0 Å². The first-order chi connectivity index (χ1) is 11.6. The van der Waals surface area contributed by atoms with E-state index in [-0.39, 0.29) is 24.3 Å². The molecule has 5 nitrogen and oxygen atoms in total. The molecule has 0 atom stereocenters. The highest BCUT2D eigenvalue weighted by Crippen LogP contribution is 2.11. The molecule has 5 heteroatoms. The Kier molecular flexibility index (Phi) is 8.20. The van der Waals surface area contributed by atoms with Crippen molar-refractivity contribution < 1.29 is 9.59 Å². The van der Waals surface area contributed by atoms with Crippen LogP contribution in [0, 0.1) is 17.8 Å². The van der Waals surface area contributed by atoms with Gasteiger partial charge < -0.3 is 14.4 Å². The van der Waals surface area contributed by atoms with Gasteiger partial charge in [-0.3, -0.25) is 9.59 Å². The predicted octanol–water partition coefficient (Wildman–Crippen LogP) is 3.15. The Morgan fingerprint density at radius 2 is 1.56 bits per heavy atom. The van der Waals surface area contributed by atoms with Crippen molar-refractivity contribution in [1.29, 1.82) is 0 Å². The molecular formula is C20H35N3O2. The van der Waals surface area contributed by atoms with Gasteiger partial charge in [0, 0.05) is 37.9 Å². The lowest BCUT2D eigenvalue weighted by molar-refractivity contribution is -0.143. The molecule has 0 aliphatic rings. The largest absolute Gasteiger partial charge is 0.353 e. The Bertz CT molecular complexity index is 561. The molecule has 1 rings (SSSR count). The van der Waals surface area contributed by atoms with Gasteiger partial charge in [-0.05, 0) is 24.0 Å². The molecule has 0 saturated heterocycles. The van der Waals surface area contributed by atoms with Gasteiger partial charge in [-0.25, -0.2) is 0 Å². The zero-order valence-electron chi connectivity index (χ0n) is 17.0. The van der Waals surface area contributed by atoms with Gasteiger partial charge in [0.05, 0.1) is 13.1 Å². The fourth-order valence-electron chi connectivity index (χ4n) is 2.85. The molecule has 142 valence electrons. The van der Waals surface area contributed by atoms with E-state index in [4.69, 9.17) is 0 Å². The van der Waals surface area contributed by atoms with E-state index < -0.39 is 0 Å². The van der Waals surface area contributed by atoms with E-state index >= 15 is 0 Å². The number of aryl methyl sites for hydroxylation is 1. The van der Waals surface area contributed by atoms with Crippen molar-refractivity contribution in [3.8, 4) is 0 Å². The average molecular weight is 350 g/mol. The first kappa shape index (κ1) is 21.3. The van der Waals surface area contributed by atoms with Gasteiger partial charge in [0.25, 0.3) is 0 Å².